The van der Waals surface area contributed by atoms with E-state index in [1.54, 1.807) is 13.1 Å². The smallest absolute Gasteiger partial charge is 0.266 e. The second-order valence-electron chi connectivity index (χ2n) is 5.25. The molecule has 0 fully saturated rings. The summed E-state index contributed by atoms with van der Waals surface area (Å²) in [5, 5.41) is 3.36. The normalized spacial score (nSPS) is 12.2. The summed E-state index contributed by atoms with van der Waals surface area (Å²) in [6.07, 6.45) is 1.16. The summed E-state index contributed by atoms with van der Waals surface area (Å²) in [6, 6.07) is 7.84. The zero-order valence-corrected chi connectivity index (χ0v) is 13.5. The van der Waals surface area contributed by atoms with Crippen LogP contribution in [0.5, 0.6) is 5.75 Å². The number of aryl methyl sites for hydroxylation is 1. The zero-order valence-electron chi connectivity index (χ0n) is 12.7. The second kappa shape index (κ2) is 6.72. The molecule has 0 aliphatic carbocycles. The van der Waals surface area contributed by atoms with Gasteiger partial charge in [-0.3, -0.25) is 10.1 Å². The molecule has 0 radical (unpaired) electrons. The van der Waals surface area contributed by atoms with E-state index in [0.29, 0.717) is 16.8 Å². The van der Waals surface area contributed by atoms with Gasteiger partial charge in [0.2, 0.25) is 0 Å². The van der Waals surface area contributed by atoms with Crippen LogP contribution < -0.4 is 10.1 Å². The van der Waals surface area contributed by atoms with Gasteiger partial charge in [-0.2, -0.15) is 0 Å². The largest absolute Gasteiger partial charge is 0.481 e. The highest BCUT2D eigenvalue weighted by atomic mass is 32.1. The van der Waals surface area contributed by atoms with Crippen LogP contribution in [0.2, 0.25) is 0 Å². The molecule has 0 saturated heterocycles. The van der Waals surface area contributed by atoms with Gasteiger partial charge in [-0.05, 0) is 37.5 Å². The molecule has 4 nitrogen and oxygen atoms in total. The van der Waals surface area contributed by atoms with Gasteiger partial charge in [0, 0.05) is 11.1 Å². The third-order valence-electron chi connectivity index (χ3n) is 3.06. The monoisotopic (exact) mass is 304 g/mol. The van der Waals surface area contributed by atoms with Crippen LogP contribution in [0, 0.1) is 6.92 Å². The molecule has 112 valence electrons. The first-order valence-corrected chi connectivity index (χ1v) is 7.77. The highest BCUT2D eigenvalue weighted by Gasteiger charge is 2.16. The van der Waals surface area contributed by atoms with Crippen molar-refractivity contribution in [3.05, 3.63) is 40.9 Å². The number of amides is 1. The van der Waals surface area contributed by atoms with Crippen molar-refractivity contribution in [2.75, 3.05) is 5.32 Å². The van der Waals surface area contributed by atoms with E-state index in [1.165, 1.54) is 16.9 Å². The van der Waals surface area contributed by atoms with Gasteiger partial charge in [0.25, 0.3) is 5.91 Å². The molecule has 0 saturated carbocycles. The van der Waals surface area contributed by atoms with E-state index in [1.807, 2.05) is 25.1 Å². The van der Waals surface area contributed by atoms with Gasteiger partial charge < -0.3 is 4.74 Å². The number of rotatable bonds is 5. The Morgan fingerprint density at radius 1 is 1.33 bits per heavy atom. The molecule has 1 atom stereocenters. The first kappa shape index (κ1) is 15.5. The molecule has 1 amide bonds. The van der Waals surface area contributed by atoms with Crippen LogP contribution in [0.25, 0.3) is 0 Å². The molecule has 1 heterocycles. The Bertz CT molecular complexity index is 622. The Hall–Kier alpha value is -1.88. The minimum atomic E-state index is -0.573. The Labute approximate surface area is 129 Å². The highest BCUT2D eigenvalue weighted by molar-refractivity contribution is 7.15. The van der Waals surface area contributed by atoms with E-state index in [-0.39, 0.29) is 5.91 Å². The molecule has 1 unspecified atom stereocenters. The van der Waals surface area contributed by atoms with E-state index in [0.717, 1.165) is 4.88 Å². The molecular weight excluding hydrogens is 284 g/mol. The van der Waals surface area contributed by atoms with Crippen LogP contribution in [0.4, 0.5) is 5.13 Å². The predicted octanol–water partition coefficient (Wildman–Crippen LogP) is 3.98. The van der Waals surface area contributed by atoms with Crippen LogP contribution in [0.15, 0.2) is 30.5 Å². The van der Waals surface area contributed by atoms with Gasteiger partial charge in [-0.1, -0.05) is 26.0 Å². The fourth-order valence-electron chi connectivity index (χ4n) is 1.82. The Morgan fingerprint density at radius 2 is 2.10 bits per heavy atom. The summed E-state index contributed by atoms with van der Waals surface area (Å²) in [5.41, 5.74) is 1.19. The van der Waals surface area contributed by atoms with Crippen LogP contribution in [0.3, 0.4) is 0 Å². The van der Waals surface area contributed by atoms with Crippen molar-refractivity contribution in [1.29, 1.82) is 0 Å². The van der Waals surface area contributed by atoms with Gasteiger partial charge in [0.15, 0.2) is 11.2 Å². The molecule has 2 aromatic rings. The topological polar surface area (TPSA) is 51.2 Å². The predicted molar refractivity (Wildman–Crippen MR) is 86.1 cm³/mol. The number of nitrogens with one attached hydrogen (secondary N) is 1. The summed E-state index contributed by atoms with van der Waals surface area (Å²) >= 11 is 1.45. The minimum absolute atomic E-state index is 0.195. The first-order valence-electron chi connectivity index (χ1n) is 6.95. The van der Waals surface area contributed by atoms with Crippen LogP contribution >= 0.6 is 11.3 Å². The number of thiazole rings is 1. The van der Waals surface area contributed by atoms with Gasteiger partial charge in [0.1, 0.15) is 5.75 Å². The molecule has 0 bridgehead atoms. The maximum atomic E-state index is 12.1. The molecule has 5 heteroatoms. The average Bonchev–Trinajstić information content (AvgIpc) is 2.84. The number of carbonyl (C=O) groups is 1. The van der Waals surface area contributed by atoms with Crippen molar-refractivity contribution in [2.24, 2.45) is 0 Å². The molecule has 0 aliphatic heterocycles. The summed E-state index contributed by atoms with van der Waals surface area (Å²) in [6.45, 7) is 7.93. The van der Waals surface area contributed by atoms with Crippen LogP contribution in [-0.2, 0) is 4.79 Å². The number of benzene rings is 1. The quantitative estimate of drug-likeness (QED) is 0.909. The molecule has 1 N–H and O–H groups in total. The summed E-state index contributed by atoms with van der Waals surface area (Å²) < 4.78 is 5.71. The molecule has 1 aromatic carbocycles. The molecule has 1 aromatic heterocycles. The van der Waals surface area contributed by atoms with E-state index in [2.05, 4.69) is 30.2 Å². The highest BCUT2D eigenvalue weighted by Crippen LogP contribution is 2.22. The summed E-state index contributed by atoms with van der Waals surface area (Å²) in [5.74, 6) is 0.939. The second-order valence-corrected chi connectivity index (χ2v) is 6.49. The molecule has 21 heavy (non-hydrogen) atoms. The Balaban J connectivity index is 1.98. The number of hydrogen-bond donors (Lipinski definition) is 1. The van der Waals surface area contributed by atoms with Crippen molar-refractivity contribution in [2.45, 2.75) is 39.7 Å². The minimum Gasteiger partial charge on any atom is -0.481 e. The van der Waals surface area contributed by atoms with Crippen molar-refractivity contribution >= 4 is 22.4 Å². The average molecular weight is 304 g/mol. The van der Waals surface area contributed by atoms with Gasteiger partial charge in [-0.15, -0.1) is 11.3 Å². The van der Waals surface area contributed by atoms with Crippen molar-refractivity contribution in [1.82, 2.24) is 4.98 Å². The van der Waals surface area contributed by atoms with Crippen molar-refractivity contribution < 1.29 is 9.53 Å². The lowest BCUT2D eigenvalue weighted by Crippen LogP contribution is -2.30. The van der Waals surface area contributed by atoms with Gasteiger partial charge >= 0.3 is 0 Å². The molecule has 0 spiro atoms. The Kier molecular flexibility index (Phi) is 4.96. The number of ether oxygens (including phenoxy) is 1. The lowest BCUT2D eigenvalue weighted by molar-refractivity contribution is -0.122. The van der Waals surface area contributed by atoms with Crippen LogP contribution in [0.1, 0.15) is 37.1 Å². The third-order valence-corrected chi connectivity index (χ3v) is 3.89. The van der Waals surface area contributed by atoms with E-state index < -0.39 is 6.10 Å². The maximum absolute atomic E-state index is 12.1. The van der Waals surface area contributed by atoms with E-state index in [9.17, 15) is 4.79 Å². The number of aromatic nitrogens is 1. The zero-order chi connectivity index (χ0) is 15.4. The number of anilines is 1. The van der Waals surface area contributed by atoms with Crippen LogP contribution in [-0.4, -0.2) is 17.0 Å². The van der Waals surface area contributed by atoms with E-state index in [4.69, 9.17) is 4.74 Å². The molecule has 0 aliphatic rings. The third kappa shape index (κ3) is 4.29. The van der Waals surface area contributed by atoms with E-state index >= 15 is 0 Å². The summed E-state index contributed by atoms with van der Waals surface area (Å²) in [7, 11) is 0. The lowest BCUT2D eigenvalue weighted by Gasteiger charge is -2.15. The van der Waals surface area contributed by atoms with Crippen molar-refractivity contribution in [3.63, 3.8) is 0 Å². The summed E-state index contributed by atoms with van der Waals surface area (Å²) in [4.78, 5) is 17.2. The number of nitrogens with zero attached hydrogens (tertiary/aromatic N) is 1. The fraction of sp³-hybridized carbons (Fsp3) is 0.375. The standard InChI is InChI=1S/C16H20N2O2S/c1-10(2)13-6-5-7-14(8-13)20-12(4)15(19)18-16-17-9-11(3)21-16/h5-10,12H,1-4H3,(H,17,18,19). The first-order chi connectivity index (χ1) is 9.95. The lowest BCUT2D eigenvalue weighted by atomic mass is 10.0. The van der Waals surface area contributed by atoms with Gasteiger partial charge in [0.05, 0.1) is 0 Å². The van der Waals surface area contributed by atoms with Crippen molar-refractivity contribution in [3.8, 4) is 5.75 Å². The molecule has 2 rings (SSSR count). The molecular formula is C16H20N2O2S. The van der Waals surface area contributed by atoms with Gasteiger partial charge in [-0.25, -0.2) is 4.98 Å². The number of hydrogen-bond acceptors (Lipinski definition) is 4. The Morgan fingerprint density at radius 3 is 2.71 bits per heavy atom. The number of carbonyl (C=O) groups excluding carboxylic acids is 1. The SMILES string of the molecule is Cc1cnc(NC(=O)C(C)Oc2cccc(C(C)C)c2)s1. The maximum Gasteiger partial charge on any atom is 0.266 e. The fourth-order valence-corrected chi connectivity index (χ4v) is 2.49.